The topological polar surface area (TPSA) is 76.3 Å². The maximum atomic E-state index is 13.5. The lowest BCUT2D eigenvalue weighted by Crippen LogP contribution is -2.31. The molecule has 8 heteroatoms. The van der Waals surface area contributed by atoms with E-state index in [1.165, 1.54) is 4.90 Å². The van der Waals surface area contributed by atoms with Crippen LogP contribution >= 0.6 is 23.4 Å². The number of fused-ring (bicyclic) bond motifs is 2. The Hall–Kier alpha value is -3.16. The Morgan fingerprint density at radius 3 is 2.50 bits per heavy atom. The lowest BCUT2D eigenvalue weighted by Gasteiger charge is -2.23. The van der Waals surface area contributed by atoms with Crippen molar-refractivity contribution in [3.63, 3.8) is 0 Å². The van der Waals surface area contributed by atoms with Crippen LogP contribution in [-0.2, 0) is 0 Å². The molecular weight excluding hydrogens is 422 g/mol. The Morgan fingerprint density at radius 2 is 1.80 bits per heavy atom. The molecule has 0 bridgehead atoms. The number of hydrogen-bond donors (Lipinski definition) is 0. The Bertz CT molecular complexity index is 1340. The van der Waals surface area contributed by atoms with Gasteiger partial charge in [0, 0.05) is 22.3 Å². The van der Waals surface area contributed by atoms with E-state index in [0.717, 1.165) is 10.5 Å². The summed E-state index contributed by atoms with van der Waals surface area (Å²) < 4.78 is 5.89. The molecule has 0 radical (unpaired) electrons. The fraction of sp³-hybridized carbons (Fsp3) is 0.0909. The summed E-state index contributed by atoms with van der Waals surface area (Å²) in [7, 11) is 0. The second-order valence-corrected chi connectivity index (χ2v) is 8.03. The van der Waals surface area contributed by atoms with Crippen molar-refractivity contribution in [2.24, 2.45) is 0 Å². The largest absolute Gasteiger partial charge is 0.450 e. The average molecular weight is 436 g/mol. The molecule has 30 heavy (non-hydrogen) atoms. The number of carbonyl (C=O) groups excluding carboxylic acids is 1. The molecule has 0 aliphatic carbocycles. The molecule has 2 aromatic heterocycles. The molecule has 0 fully saturated rings. The maximum Gasteiger partial charge on any atom is 0.297 e. The van der Waals surface area contributed by atoms with Gasteiger partial charge >= 0.3 is 0 Å². The molecule has 1 unspecified atom stereocenters. The highest BCUT2D eigenvalue weighted by Crippen LogP contribution is 2.40. The van der Waals surface area contributed by atoms with E-state index in [2.05, 4.69) is 9.97 Å². The molecule has 2 aromatic carbocycles. The van der Waals surface area contributed by atoms with Crippen LogP contribution in [0.1, 0.15) is 27.7 Å². The van der Waals surface area contributed by atoms with Crippen molar-refractivity contribution in [3.05, 3.63) is 93.1 Å². The fourth-order valence-electron chi connectivity index (χ4n) is 3.67. The lowest BCUT2D eigenvalue weighted by atomic mass is 9.99. The summed E-state index contributed by atoms with van der Waals surface area (Å²) in [5.74, 6) is -0.250. The zero-order valence-electron chi connectivity index (χ0n) is 15.7. The molecule has 0 spiro atoms. The molecule has 1 aliphatic rings. The number of hydrogen-bond acceptors (Lipinski definition) is 6. The number of carbonyl (C=O) groups is 1. The van der Waals surface area contributed by atoms with Gasteiger partial charge in [0.2, 0.25) is 11.7 Å². The van der Waals surface area contributed by atoms with E-state index < -0.39 is 11.9 Å². The van der Waals surface area contributed by atoms with Crippen LogP contribution in [0.5, 0.6) is 0 Å². The number of amides is 1. The predicted molar refractivity (Wildman–Crippen MR) is 116 cm³/mol. The molecule has 4 aromatic rings. The van der Waals surface area contributed by atoms with Crippen LogP contribution in [0.3, 0.4) is 0 Å². The number of aromatic nitrogens is 2. The molecular formula is C22H14ClN3O3S. The Labute approximate surface area is 180 Å². The van der Waals surface area contributed by atoms with Gasteiger partial charge in [0.05, 0.1) is 17.0 Å². The smallest absolute Gasteiger partial charge is 0.297 e. The highest BCUT2D eigenvalue weighted by atomic mass is 35.5. The van der Waals surface area contributed by atoms with Gasteiger partial charge in [0.15, 0.2) is 5.43 Å². The third-order valence-electron chi connectivity index (χ3n) is 5.03. The molecule has 6 nitrogen and oxygen atoms in total. The van der Waals surface area contributed by atoms with Crippen molar-refractivity contribution < 1.29 is 9.21 Å². The molecule has 1 atom stereocenters. The SMILES string of the molecule is CSc1ccc(C2c3c(oc4ccc(Cl)cc4c3=O)C(=O)N2c2ncccn2)cc1. The van der Waals surface area contributed by atoms with E-state index in [9.17, 15) is 9.59 Å². The minimum Gasteiger partial charge on any atom is -0.450 e. The van der Waals surface area contributed by atoms with Crippen molar-refractivity contribution in [1.82, 2.24) is 9.97 Å². The van der Waals surface area contributed by atoms with Gasteiger partial charge in [-0.3, -0.25) is 14.5 Å². The Kier molecular flexibility index (Phi) is 4.56. The maximum absolute atomic E-state index is 13.5. The Morgan fingerprint density at radius 1 is 1.07 bits per heavy atom. The van der Waals surface area contributed by atoms with Gasteiger partial charge in [-0.05, 0) is 48.2 Å². The number of benzene rings is 2. The first-order chi connectivity index (χ1) is 14.6. The van der Waals surface area contributed by atoms with Crippen LogP contribution in [0.15, 0.2) is 75.0 Å². The van der Waals surface area contributed by atoms with Crippen molar-refractivity contribution >= 4 is 46.2 Å². The minimum absolute atomic E-state index is 0.00113. The van der Waals surface area contributed by atoms with E-state index >= 15 is 0 Å². The molecule has 0 saturated heterocycles. The van der Waals surface area contributed by atoms with Crippen LogP contribution in [0.25, 0.3) is 11.0 Å². The van der Waals surface area contributed by atoms with E-state index in [-0.39, 0.29) is 22.7 Å². The number of anilines is 1. The summed E-state index contributed by atoms with van der Waals surface area (Å²) in [6.07, 6.45) is 5.09. The molecule has 5 rings (SSSR count). The van der Waals surface area contributed by atoms with Crippen LogP contribution in [0, 0.1) is 0 Å². The normalized spacial score (nSPS) is 15.6. The van der Waals surface area contributed by atoms with Crippen LogP contribution in [0.4, 0.5) is 5.95 Å². The summed E-state index contributed by atoms with van der Waals surface area (Å²) in [6, 6.07) is 13.4. The van der Waals surface area contributed by atoms with Crippen molar-refractivity contribution in [3.8, 4) is 0 Å². The van der Waals surface area contributed by atoms with Gasteiger partial charge in [-0.1, -0.05) is 23.7 Å². The number of thioether (sulfide) groups is 1. The van der Waals surface area contributed by atoms with Gasteiger partial charge in [-0.15, -0.1) is 11.8 Å². The monoisotopic (exact) mass is 435 g/mol. The second-order valence-electron chi connectivity index (χ2n) is 6.71. The molecule has 1 aliphatic heterocycles. The number of halogens is 1. The molecule has 3 heterocycles. The molecule has 0 saturated carbocycles. The summed E-state index contributed by atoms with van der Waals surface area (Å²) in [6.45, 7) is 0. The summed E-state index contributed by atoms with van der Waals surface area (Å²) in [5.41, 5.74) is 1.04. The Balaban J connectivity index is 1.80. The summed E-state index contributed by atoms with van der Waals surface area (Å²) >= 11 is 7.71. The van der Waals surface area contributed by atoms with Crippen molar-refractivity contribution in [2.75, 3.05) is 11.2 Å². The molecule has 1 amide bonds. The van der Waals surface area contributed by atoms with Crippen LogP contribution < -0.4 is 10.3 Å². The van der Waals surface area contributed by atoms with Crippen LogP contribution in [-0.4, -0.2) is 22.1 Å². The van der Waals surface area contributed by atoms with E-state index in [0.29, 0.717) is 16.0 Å². The second kappa shape index (κ2) is 7.27. The first kappa shape index (κ1) is 18.8. The van der Waals surface area contributed by atoms with E-state index in [1.54, 1.807) is 48.4 Å². The van der Waals surface area contributed by atoms with E-state index in [4.69, 9.17) is 16.0 Å². The summed E-state index contributed by atoms with van der Waals surface area (Å²) in [5, 5.41) is 0.749. The third-order valence-corrected chi connectivity index (χ3v) is 6.01. The number of nitrogens with zero attached hydrogens (tertiary/aromatic N) is 3. The zero-order chi connectivity index (χ0) is 20.8. The predicted octanol–water partition coefficient (Wildman–Crippen LogP) is 4.71. The van der Waals surface area contributed by atoms with Gasteiger partial charge < -0.3 is 4.42 Å². The minimum atomic E-state index is -0.703. The number of rotatable bonds is 3. The molecule has 0 N–H and O–H groups in total. The van der Waals surface area contributed by atoms with Gasteiger partial charge in [0.1, 0.15) is 5.58 Å². The van der Waals surface area contributed by atoms with Gasteiger partial charge in [-0.25, -0.2) is 9.97 Å². The van der Waals surface area contributed by atoms with Gasteiger partial charge in [-0.2, -0.15) is 0 Å². The summed E-state index contributed by atoms with van der Waals surface area (Å²) in [4.78, 5) is 37.8. The standard InChI is InChI=1S/C22H14ClN3O3S/c1-30-14-6-3-12(4-7-14)18-17-19(27)15-11-13(23)5-8-16(15)29-20(17)21(28)26(18)22-24-9-2-10-25-22/h2-11,18H,1H3. The quantitative estimate of drug-likeness (QED) is 0.434. The molecule has 148 valence electrons. The van der Waals surface area contributed by atoms with Gasteiger partial charge in [0.25, 0.3) is 5.91 Å². The van der Waals surface area contributed by atoms with E-state index in [1.807, 2.05) is 30.5 Å². The van der Waals surface area contributed by atoms with Crippen molar-refractivity contribution in [2.45, 2.75) is 10.9 Å². The first-order valence-electron chi connectivity index (χ1n) is 9.09. The lowest BCUT2D eigenvalue weighted by molar-refractivity contribution is 0.0969. The zero-order valence-corrected chi connectivity index (χ0v) is 17.3. The third kappa shape index (κ3) is 2.89. The van der Waals surface area contributed by atoms with Crippen molar-refractivity contribution in [1.29, 1.82) is 0 Å². The fourth-order valence-corrected chi connectivity index (χ4v) is 4.25. The highest BCUT2D eigenvalue weighted by Gasteiger charge is 2.44. The first-order valence-corrected chi connectivity index (χ1v) is 10.7. The highest BCUT2D eigenvalue weighted by molar-refractivity contribution is 7.98. The van der Waals surface area contributed by atoms with Crippen LogP contribution in [0.2, 0.25) is 5.02 Å². The average Bonchev–Trinajstić information content (AvgIpc) is 3.07.